The maximum Gasteiger partial charge on any atom is 0.259 e. The van der Waals surface area contributed by atoms with Gasteiger partial charge < -0.3 is 10.1 Å². The minimum Gasteiger partial charge on any atom is -0.497 e. The summed E-state index contributed by atoms with van der Waals surface area (Å²) in [7, 11) is 1.59. The third-order valence-corrected chi connectivity index (χ3v) is 5.78. The molecule has 2 aromatic rings. The number of hydrogen-bond acceptors (Lipinski definition) is 6. The van der Waals surface area contributed by atoms with Gasteiger partial charge in [0.05, 0.1) is 18.6 Å². The van der Waals surface area contributed by atoms with Crippen molar-refractivity contribution in [2.45, 2.75) is 19.9 Å². The largest absolute Gasteiger partial charge is 0.497 e. The Morgan fingerprint density at radius 3 is 2.63 bits per heavy atom. The summed E-state index contributed by atoms with van der Waals surface area (Å²) in [6.45, 7) is 3.95. The molecule has 154 valence electrons. The zero-order chi connectivity index (χ0) is 21.3. The molecule has 0 aliphatic carbocycles. The van der Waals surface area contributed by atoms with Crippen LogP contribution in [0.4, 0.5) is 11.4 Å². The first kappa shape index (κ1) is 20.2. The fraction of sp³-hybridized carbons (Fsp3) is 0.273. The molecular formula is C22H22N4O3S. The van der Waals surface area contributed by atoms with Gasteiger partial charge in [0.1, 0.15) is 17.6 Å². The first-order chi connectivity index (χ1) is 14.5. The number of nitrogens with one attached hydrogen (secondary N) is 1. The van der Waals surface area contributed by atoms with Crippen LogP contribution < -0.4 is 10.1 Å². The first-order valence-corrected chi connectivity index (χ1v) is 10.6. The molecule has 4 rings (SSSR count). The van der Waals surface area contributed by atoms with E-state index in [0.29, 0.717) is 16.7 Å². The Morgan fingerprint density at radius 1 is 1.20 bits per heavy atom. The van der Waals surface area contributed by atoms with Crippen molar-refractivity contribution >= 4 is 46.0 Å². The Kier molecular flexibility index (Phi) is 5.59. The average Bonchev–Trinajstić information content (AvgIpc) is 3.11. The van der Waals surface area contributed by atoms with Crippen LogP contribution in [0.25, 0.3) is 0 Å². The van der Waals surface area contributed by atoms with Gasteiger partial charge in [-0.1, -0.05) is 37.7 Å². The number of carbonyl (C=O) groups excluding carboxylic acids is 2. The molecule has 30 heavy (non-hydrogen) atoms. The number of fused-ring (bicyclic) bond motifs is 3. The average molecular weight is 423 g/mol. The highest BCUT2D eigenvalue weighted by Gasteiger charge is 2.42. The number of carbonyl (C=O) groups is 2. The molecule has 2 aliphatic rings. The van der Waals surface area contributed by atoms with E-state index in [1.807, 2.05) is 38.1 Å². The first-order valence-electron chi connectivity index (χ1n) is 9.64. The molecule has 0 saturated carbocycles. The molecule has 2 aromatic carbocycles. The molecule has 0 saturated heterocycles. The lowest BCUT2D eigenvalue weighted by molar-refractivity contribution is -0.125. The highest BCUT2D eigenvalue weighted by atomic mass is 32.2. The Balaban J connectivity index is 1.52. The van der Waals surface area contributed by atoms with Crippen LogP contribution in [0.15, 0.2) is 58.5 Å². The molecular weight excluding hydrogens is 400 g/mol. The lowest BCUT2D eigenvalue weighted by Crippen LogP contribution is -2.42. The predicted molar refractivity (Wildman–Crippen MR) is 120 cm³/mol. The quantitative estimate of drug-likeness (QED) is 0.797. The Morgan fingerprint density at radius 2 is 1.93 bits per heavy atom. The molecule has 2 amide bonds. The standard InChI is InChI=1S/C22H22N4O3S/c1-13(2)19-21(28)26-20(25-19)16-6-4-5-7-17(16)24-22(26)30-12-18(27)23-14-8-10-15(29-3)11-9-14/h4-11,13,19H,12H2,1-3H3,(H,23,27). The highest BCUT2D eigenvalue weighted by Crippen LogP contribution is 2.34. The third kappa shape index (κ3) is 3.82. The number of para-hydroxylation sites is 1. The van der Waals surface area contributed by atoms with Gasteiger partial charge in [0.15, 0.2) is 5.17 Å². The summed E-state index contributed by atoms with van der Waals surface area (Å²) in [4.78, 5) is 36.3. The Hall–Kier alpha value is -3.13. The van der Waals surface area contributed by atoms with Gasteiger partial charge in [-0.2, -0.15) is 0 Å². The minimum absolute atomic E-state index is 0.0763. The van der Waals surface area contributed by atoms with Crippen LogP contribution in [0.1, 0.15) is 19.4 Å². The molecule has 0 aromatic heterocycles. The number of amidine groups is 2. The topological polar surface area (TPSA) is 83.4 Å². The van der Waals surface area contributed by atoms with E-state index in [0.717, 1.165) is 17.0 Å². The molecule has 1 unspecified atom stereocenters. The monoisotopic (exact) mass is 422 g/mol. The van der Waals surface area contributed by atoms with E-state index in [-0.39, 0.29) is 23.5 Å². The van der Waals surface area contributed by atoms with Gasteiger partial charge in [0.2, 0.25) is 5.91 Å². The highest BCUT2D eigenvalue weighted by molar-refractivity contribution is 8.14. The number of amides is 2. The molecule has 0 radical (unpaired) electrons. The molecule has 0 fully saturated rings. The number of anilines is 1. The summed E-state index contributed by atoms with van der Waals surface area (Å²) >= 11 is 1.23. The Bertz CT molecular complexity index is 1050. The molecule has 1 atom stereocenters. The molecule has 2 heterocycles. The number of methoxy groups -OCH3 is 1. The number of nitrogens with zero attached hydrogens (tertiary/aromatic N) is 3. The normalized spacial score (nSPS) is 17.3. The second kappa shape index (κ2) is 8.31. The van der Waals surface area contributed by atoms with Crippen molar-refractivity contribution < 1.29 is 14.3 Å². The van der Waals surface area contributed by atoms with E-state index >= 15 is 0 Å². The summed E-state index contributed by atoms with van der Waals surface area (Å²) < 4.78 is 5.12. The van der Waals surface area contributed by atoms with Crippen LogP contribution in [0.5, 0.6) is 5.75 Å². The van der Waals surface area contributed by atoms with E-state index in [9.17, 15) is 9.59 Å². The second-order valence-electron chi connectivity index (χ2n) is 7.29. The third-order valence-electron chi connectivity index (χ3n) is 4.84. The number of aliphatic imine (C=N–C) groups is 2. The SMILES string of the molecule is COc1ccc(NC(=O)CSC2=Nc3ccccc3C3=NC(C(C)C)C(=O)N23)cc1. The zero-order valence-electron chi connectivity index (χ0n) is 17.0. The summed E-state index contributed by atoms with van der Waals surface area (Å²) in [5, 5.41) is 3.32. The van der Waals surface area contributed by atoms with Crippen LogP contribution in [-0.2, 0) is 9.59 Å². The van der Waals surface area contributed by atoms with Gasteiger partial charge in [-0.05, 0) is 42.3 Å². The fourth-order valence-corrected chi connectivity index (χ4v) is 4.10. The number of rotatable bonds is 5. The van der Waals surface area contributed by atoms with Crippen molar-refractivity contribution in [1.82, 2.24) is 4.90 Å². The van der Waals surface area contributed by atoms with Crippen LogP contribution in [0.2, 0.25) is 0 Å². The molecule has 7 nitrogen and oxygen atoms in total. The molecule has 2 aliphatic heterocycles. The van der Waals surface area contributed by atoms with Crippen LogP contribution in [0.3, 0.4) is 0 Å². The van der Waals surface area contributed by atoms with Crippen molar-refractivity contribution in [3.63, 3.8) is 0 Å². The van der Waals surface area contributed by atoms with Crippen molar-refractivity contribution in [1.29, 1.82) is 0 Å². The lowest BCUT2D eigenvalue weighted by Gasteiger charge is -2.25. The van der Waals surface area contributed by atoms with Gasteiger partial charge in [0.25, 0.3) is 5.91 Å². The van der Waals surface area contributed by atoms with E-state index in [1.165, 1.54) is 11.8 Å². The minimum atomic E-state index is -0.440. The zero-order valence-corrected chi connectivity index (χ0v) is 17.8. The number of thioether (sulfide) groups is 1. The maximum atomic E-state index is 13.0. The van der Waals surface area contributed by atoms with Gasteiger partial charge in [-0.15, -0.1) is 0 Å². The summed E-state index contributed by atoms with van der Waals surface area (Å²) in [5.74, 6) is 1.25. The van der Waals surface area contributed by atoms with Gasteiger partial charge in [-0.25, -0.2) is 9.89 Å². The molecule has 1 N–H and O–H groups in total. The van der Waals surface area contributed by atoms with Crippen molar-refractivity contribution in [3.8, 4) is 5.75 Å². The van der Waals surface area contributed by atoms with E-state index in [1.54, 1.807) is 36.3 Å². The Labute approximate surface area is 179 Å². The van der Waals surface area contributed by atoms with Crippen LogP contribution in [-0.4, -0.2) is 46.6 Å². The van der Waals surface area contributed by atoms with Gasteiger partial charge >= 0.3 is 0 Å². The van der Waals surface area contributed by atoms with E-state index in [4.69, 9.17) is 4.74 Å². The fourth-order valence-electron chi connectivity index (χ4n) is 3.30. The lowest BCUT2D eigenvalue weighted by atomic mass is 10.1. The van der Waals surface area contributed by atoms with Crippen molar-refractivity contribution in [2.75, 3.05) is 18.2 Å². The number of benzene rings is 2. The predicted octanol–water partition coefficient (Wildman–Crippen LogP) is 3.68. The smallest absolute Gasteiger partial charge is 0.259 e. The summed E-state index contributed by atoms with van der Waals surface area (Å²) in [6, 6.07) is 14.3. The van der Waals surface area contributed by atoms with E-state index < -0.39 is 6.04 Å². The number of hydrogen-bond donors (Lipinski definition) is 1. The second-order valence-corrected chi connectivity index (χ2v) is 8.23. The van der Waals surface area contributed by atoms with Gasteiger partial charge in [0, 0.05) is 11.3 Å². The maximum absolute atomic E-state index is 13.0. The molecule has 8 heteroatoms. The van der Waals surface area contributed by atoms with Crippen molar-refractivity contribution in [2.24, 2.45) is 15.9 Å². The van der Waals surface area contributed by atoms with E-state index in [2.05, 4.69) is 15.3 Å². The van der Waals surface area contributed by atoms with Gasteiger partial charge in [-0.3, -0.25) is 14.6 Å². The van der Waals surface area contributed by atoms with Crippen molar-refractivity contribution in [3.05, 3.63) is 54.1 Å². The summed E-state index contributed by atoms with van der Waals surface area (Å²) in [6.07, 6.45) is 0. The van der Waals surface area contributed by atoms with Crippen LogP contribution in [0, 0.1) is 5.92 Å². The molecule has 0 bridgehead atoms. The summed E-state index contributed by atoms with van der Waals surface area (Å²) in [5.41, 5.74) is 2.26. The molecule has 0 spiro atoms. The number of ether oxygens (including phenoxy) is 1. The van der Waals surface area contributed by atoms with Crippen LogP contribution >= 0.6 is 11.8 Å².